The van der Waals surface area contributed by atoms with Crippen LogP contribution in [-0.4, -0.2) is 71.4 Å². The third-order valence-electron chi connectivity index (χ3n) is 6.05. The van der Waals surface area contributed by atoms with Gasteiger partial charge >= 0.3 is 6.03 Å². The summed E-state index contributed by atoms with van der Waals surface area (Å²) in [4.78, 5) is 43.5. The average molecular weight is 470 g/mol. The number of hydrogen-bond donors (Lipinski definition) is 3. The number of amides is 4. The Morgan fingerprint density at radius 2 is 1.91 bits per heavy atom. The fourth-order valence-electron chi connectivity index (χ4n) is 4.57. The fourth-order valence-corrected chi connectivity index (χ4v) is 5.30. The molecule has 3 N–H and O–H groups in total. The van der Waals surface area contributed by atoms with Gasteiger partial charge in [0.15, 0.2) is 0 Å². The summed E-state index contributed by atoms with van der Waals surface area (Å²) in [5, 5.41) is 10.8. The number of urea groups is 1. The van der Waals surface area contributed by atoms with Crippen molar-refractivity contribution in [3.63, 3.8) is 0 Å². The highest BCUT2D eigenvalue weighted by atomic mass is 32.1. The normalized spacial score (nSPS) is 22.8. The maximum Gasteiger partial charge on any atom is 0.315 e. The predicted molar refractivity (Wildman–Crippen MR) is 128 cm³/mol. The Balaban J connectivity index is 1.45. The lowest BCUT2D eigenvalue weighted by Crippen LogP contribution is -2.62. The van der Waals surface area contributed by atoms with Crippen LogP contribution in [0.25, 0.3) is 0 Å². The zero-order valence-corrected chi connectivity index (χ0v) is 19.8. The van der Waals surface area contributed by atoms with Gasteiger partial charge in [-0.2, -0.15) is 0 Å². The van der Waals surface area contributed by atoms with Crippen LogP contribution in [-0.2, 0) is 11.3 Å². The molecule has 0 spiro atoms. The van der Waals surface area contributed by atoms with Crippen molar-refractivity contribution in [1.29, 1.82) is 0 Å². The number of nitrogens with one attached hydrogen (secondary N) is 3. The number of thiophene rings is 1. The third-order valence-corrected chi connectivity index (χ3v) is 6.92. The van der Waals surface area contributed by atoms with E-state index in [1.165, 1.54) is 4.88 Å². The van der Waals surface area contributed by atoms with E-state index in [1.807, 2.05) is 48.4 Å². The van der Waals surface area contributed by atoms with Gasteiger partial charge in [0.1, 0.15) is 6.04 Å². The smallest absolute Gasteiger partial charge is 0.315 e. The van der Waals surface area contributed by atoms with Crippen molar-refractivity contribution < 1.29 is 14.4 Å². The van der Waals surface area contributed by atoms with Crippen molar-refractivity contribution in [2.45, 2.75) is 51.0 Å². The molecule has 2 aliphatic heterocycles. The van der Waals surface area contributed by atoms with Crippen molar-refractivity contribution in [3.8, 4) is 0 Å². The quantitative estimate of drug-likeness (QED) is 0.579. The van der Waals surface area contributed by atoms with Gasteiger partial charge < -0.3 is 20.9 Å². The molecule has 4 amide bonds. The van der Waals surface area contributed by atoms with E-state index >= 15 is 0 Å². The number of rotatable bonds is 7. The van der Waals surface area contributed by atoms with Gasteiger partial charge in [0.25, 0.3) is 5.91 Å². The lowest BCUT2D eigenvalue weighted by Gasteiger charge is -2.42. The van der Waals surface area contributed by atoms with Crippen LogP contribution >= 0.6 is 11.3 Å². The second-order valence-electron chi connectivity index (χ2n) is 8.95. The van der Waals surface area contributed by atoms with Crippen LogP contribution in [0.2, 0.25) is 0 Å². The van der Waals surface area contributed by atoms with Gasteiger partial charge in [-0.3, -0.25) is 14.5 Å². The van der Waals surface area contributed by atoms with Crippen molar-refractivity contribution >= 4 is 29.2 Å². The predicted octanol–water partition coefficient (Wildman–Crippen LogP) is 2.04. The van der Waals surface area contributed by atoms with Gasteiger partial charge in [0, 0.05) is 48.7 Å². The van der Waals surface area contributed by atoms with E-state index in [9.17, 15) is 14.4 Å². The second kappa shape index (κ2) is 10.4. The van der Waals surface area contributed by atoms with Crippen LogP contribution in [0.1, 0.15) is 35.5 Å². The molecule has 1 aromatic carbocycles. The molecule has 3 heterocycles. The number of carbonyl (C=O) groups is 3. The highest BCUT2D eigenvalue weighted by molar-refractivity contribution is 7.09. The lowest BCUT2D eigenvalue weighted by atomic mass is 10.0. The van der Waals surface area contributed by atoms with Gasteiger partial charge in [-0.1, -0.05) is 24.3 Å². The summed E-state index contributed by atoms with van der Waals surface area (Å²) >= 11 is 1.66. The molecule has 8 nitrogen and oxygen atoms in total. The molecule has 1 aromatic heterocycles. The van der Waals surface area contributed by atoms with Gasteiger partial charge in [-0.25, -0.2) is 4.79 Å². The van der Waals surface area contributed by atoms with Crippen LogP contribution in [0.5, 0.6) is 0 Å². The molecule has 0 unspecified atom stereocenters. The summed E-state index contributed by atoms with van der Waals surface area (Å²) in [6.07, 6.45) is 0.724. The Kier molecular flexibility index (Phi) is 7.29. The lowest BCUT2D eigenvalue weighted by molar-refractivity contribution is -0.143. The van der Waals surface area contributed by atoms with E-state index in [1.54, 1.807) is 23.5 Å². The van der Waals surface area contributed by atoms with E-state index < -0.39 is 6.04 Å². The molecule has 2 aromatic rings. The summed E-state index contributed by atoms with van der Waals surface area (Å²) in [6, 6.07) is 12.5. The van der Waals surface area contributed by atoms with Crippen molar-refractivity contribution in [1.82, 2.24) is 25.8 Å². The van der Waals surface area contributed by atoms with Crippen LogP contribution < -0.4 is 16.0 Å². The molecule has 0 aliphatic carbocycles. The van der Waals surface area contributed by atoms with Gasteiger partial charge in [0.05, 0.1) is 6.04 Å². The molecule has 0 radical (unpaired) electrons. The first-order valence-electron chi connectivity index (χ1n) is 11.4. The molecule has 0 saturated carbocycles. The second-order valence-corrected chi connectivity index (χ2v) is 9.98. The summed E-state index contributed by atoms with van der Waals surface area (Å²) < 4.78 is 0. The van der Waals surface area contributed by atoms with Crippen LogP contribution in [0, 0.1) is 0 Å². The molecule has 9 heteroatoms. The largest absolute Gasteiger partial charge is 0.350 e. The first-order valence-corrected chi connectivity index (χ1v) is 12.3. The summed E-state index contributed by atoms with van der Waals surface area (Å²) in [6.45, 7) is 5.93. The zero-order chi connectivity index (χ0) is 23.4. The van der Waals surface area contributed by atoms with Crippen molar-refractivity contribution in [3.05, 3.63) is 58.3 Å². The fraction of sp³-hybridized carbons (Fsp3) is 0.458. The SMILES string of the molecule is CC(C)NC(=O)N[C@H]1C[C@H]2CN(Cc3cccs3)[C@@H](CNC(=O)c3ccccc3)C(=O)N2C1. The van der Waals surface area contributed by atoms with E-state index in [2.05, 4.69) is 26.9 Å². The average Bonchev–Trinajstić information content (AvgIpc) is 3.43. The molecule has 2 saturated heterocycles. The monoisotopic (exact) mass is 469 g/mol. The van der Waals surface area contributed by atoms with E-state index in [-0.39, 0.29) is 42.5 Å². The Hall–Kier alpha value is -2.91. The van der Waals surface area contributed by atoms with Crippen molar-refractivity contribution in [2.24, 2.45) is 0 Å². The minimum absolute atomic E-state index is 0.00438. The van der Waals surface area contributed by atoms with Gasteiger partial charge in [-0.15, -0.1) is 11.3 Å². The van der Waals surface area contributed by atoms with Gasteiger partial charge in [-0.05, 0) is 43.8 Å². The summed E-state index contributed by atoms with van der Waals surface area (Å²) in [5.74, 6) is -0.183. The molecule has 2 fully saturated rings. The first-order chi connectivity index (χ1) is 15.9. The minimum Gasteiger partial charge on any atom is -0.350 e. The number of hydrogen-bond acceptors (Lipinski definition) is 5. The molecule has 4 rings (SSSR count). The highest BCUT2D eigenvalue weighted by Crippen LogP contribution is 2.28. The molecule has 2 aliphatic rings. The molecule has 33 heavy (non-hydrogen) atoms. The summed E-state index contributed by atoms with van der Waals surface area (Å²) in [7, 11) is 0. The van der Waals surface area contributed by atoms with Crippen molar-refractivity contribution in [2.75, 3.05) is 19.6 Å². The topological polar surface area (TPSA) is 93.8 Å². The van der Waals surface area contributed by atoms with E-state index in [0.717, 1.165) is 6.42 Å². The van der Waals surface area contributed by atoms with Crippen LogP contribution in [0.3, 0.4) is 0 Å². The molecule has 0 bridgehead atoms. The number of fused-ring (bicyclic) bond motifs is 1. The standard InChI is InChI=1S/C24H31N5O3S/c1-16(2)26-24(32)27-18-11-19-14-28(15-20-9-6-10-33-20)21(23(31)29(19)13-18)12-25-22(30)17-7-4-3-5-8-17/h3-10,16,18-19,21H,11-15H2,1-2H3,(H,25,30)(H2,26,27,32)/t18-,19-,21-/m0/s1. The van der Waals surface area contributed by atoms with Crippen LogP contribution in [0.4, 0.5) is 4.79 Å². The first kappa shape index (κ1) is 23.3. The number of benzene rings is 1. The van der Waals surface area contributed by atoms with Crippen LogP contribution in [0.15, 0.2) is 47.8 Å². The van der Waals surface area contributed by atoms with Gasteiger partial charge in [0.2, 0.25) is 5.91 Å². The molecular weight excluding hydrogens is 438 g/mol. The molecule has 176 valence electrons. The number of nitrogens with zero attached hydrogens (tertiary/aromatic N) is 2. The Bertz CT molecular complexity index is 966. The Morgan fingerprint density at radius 3 is 2.61 bits per heavy atom. The molecular formula is C24H31N5O3S. The zero-order valence-electron chi connectivity index (χ0n) is 19.0. The Morgan fingerprint density at radius 1 is 1.12 bits per heavy atom. The summed E-state index contributed by atoms with van der Waals surface area (Å²) in [5.41, 5.74) is 0.574. The van der Waals surface area contributed by atoms with E-state index in [0.29, 0.717) is 25.2 Å². The number of piperazine rings is 1. The highest BCUT2D eigenvalue weighted by Gasteiger charge is 2.45. The maximum atomic E-state index is 13.5. The Labute approximate surface area is 198 Å². The maximum absolute atomic E-state index is 13.5. The number of carbonyl (C=O) groups excluding carboxylic acids is 3. The third kappa shape index (κ3) is 5.72. The molecule has 3 atom stereocenters. The minimum atomic E-state index is -0.445. The van der Waals surface area contributed by atoms with E-state index in [4.69, 9.17) is 0 Å².